The highest BCUT2D eigenvalue weighted by molar-refractivity contribution is 5.78. The van der Waals surface area contributed by atoms with Crippen molar-refractivity contribution < 1.29 is 4.79 Å². The lowest BCUT2D eigenvalue weighted by Crippen LogP contribution is -1.97. The topological polar surface area (TPSA) is 17.1 Å². The maximum atomic E-state index is 12.0. The predicted molar refractivity (Wildman–Crippen MR) is 155 cm³/mol. The van der Waals surface area contributed by atoms with Crippen LogP contribution in [-0.4, -0.2) is 5.78 Å². The van der Waals surface area contributed by atoms with Gasteiger partial charge in [0.25, 0.3) is 0 Å². The van der Waals surface area contributed by atoms with E-state index in [1.807, 2.05) is 0 Å². The van der Waals surface area contributed by atoms with Crippen LogP contribution in [0.1, 0.15) is 206 Å². The Bertz CT molecular complexity index is 375. The SMILES string of the molecule is CCCCCCCCCCCCCCCCCCCCCCCC(=O)CCCCCCCCC. The summed E-state index contributed by atoms with van der Waals surface area (Å²) in [6.45, 7) is 4.56. The Morgan fingerprint density at radius 1 is 0.294 bits per heavy atom. The number of carbonyl (C=O) groups is 1. The van der Waals surface area contributed by atoms with Gasteiger partial charge in [-0.15, -0.1) is 0 Å². The number of hydrogen-bond donors (Lipinski definition) is 0. The first kappa shape index (κ1) is 33.7. The second-order valence-electron chi connectivity index (χ2n) is 11.2. The Morgan fingerprint density at radius 3 is 0.676 bits per heavy atom. The van der Waals surface area contributed by atoms with Gasteiger partial charge in [-0.05, 0) is 12.8 Å². The Balaban J connectivity index is 3.10. The molecular formula is C33H66O. The third kappa shape index (κ3) is 29.7. The molecule has 1 nitrogen and oxygen atoms in total. The van der Waals surface area contributed by atoms with E-state index in [-0.39, 0.29) is 0 Å². The van der Waals surface area contributed by atoms with E-state index in [9.17, 15) is 4.79 Å². The fraction of sp³-hybridized carbons (Fsp3) is 0.970. The summed E-state index contributed by atoms with van der Waals surface area (Å²) in [5.41, 5.74) is 0. The summed E-state index contributed by atoms with van der Waals surface area (Å²) in [6.07, 6.45) is 40.6. The highest BCUT2D eigenvalue weighted by Gasteiger charge is 2.02. The first-order chi connectivity index (χ1) is 16.8. The summed E-state index contributed by atoms with van der Waals surface area (Å²) in [5.74, 6) is 0.520. The zero-order valence-electron chi connectivity index (χ0n) is 24.1. The Kier molecular flexibility index (Phi) is 30.4. The van der Waals surface area contributed by atoms with Gasteiger partial charge >= 0.3 is 0 Å². The van der Waals surface area contributed by atoms with E-state index >= 15 is 0 Å². The molecule has 0 atom stereocenters. The molecule has 0 radical (unpaired) electrons. The van der Waals surface area contributed by atoms with Gasteiger partial charge in [-0.25, -0.2) is 0 Å². The first-order valence-corrected chi connectivity index (χ1v) is 16.3. The second kappa shape index (κ2) is 30.7. The molecule has 0 aliphatic rings. The van der Waals surface area contributed by atoms with Gasteiger partial charge in [-0.3, -0.25) is 4.79 Å². The molecule has 0 unspecified atom stereocenters. The van der Waals surface area contributed by atoms with Crippen LogP contribution in [0.3, 0.4) is 0 Å². The molecule has 0 aromatic heterocycles. The van der Waals surface area contributed by atoms with Gasteiger partial charge in [0.2, 0.25) is 0 Å². The molecule has 0 saturated carbocycles. The highest BCUT2D eigenvalue weighted by Crippen LogP contribution is 2.16. The molecule has 0 amide bonds. The van der Waals surface area contributed by atoms with Crippen LogP contribution in [0.2, 0.25) is 0 Å². The van der Waals surface area contributed by atoms with Crippen molar-refractivity contribution >= 4 is 5.78 Å². The van der Waals surface area contributed by atoms with E-state index in [0.29, 0.717) is 5.78 Å². The number of ketones is 1. The molecular weight excluding hydrogens is 412 g/mol. The molecule has 0 N–H and O–H groups in total. The summed E-state index contributed by atoms with van der Waals surface area (Å²) >= 11 is 0. The van der Waals surface area contributed by atoms with Crippen molar-refractivity contribution in [3.63, 3.8) is 0 Å². The Labute approximate surface area is 217 Å². The van der Waals surface area contributed by atoms with Gasteiger partial charge in [0.1, 0.15) is 5.78 Å². The predicted octanol–water partition coefficient (Wildman–Crippen LogP) is 12.3. The lowest BCUT2D eigenvalue weighted by atomic mass is 10.0. The molecule has 0 bridgehead atoms. The van der Waals surface area contributed by atoms with E-state index < -0.39 is 0 Å². The molecule has 0 aromatic rings. The fourth-order valence-corrected chi connectivity index (χ4v) is 5.16. The zero-order chi connectivity index (χ0) is 24.8. The third-order valence-corrected chi connectivity index (χ3v) is 7.62. The largest absolute Gasteiger partial charge is 0.300 e. The summed E-state index contributed by atoms with van der Waals surface area (Å²) in [6, 6.07) is 0. The van der Waals surface area contributed by atoms with E-state index in [2.05, 4.69) is 13.8 Å². The van der Waals surface area contributed by atoms with Gasteiger partial charge < -0.3 is 0 Å². The molecule has 0 aliphatic heterocycles. The number of hydrogen-bond acceptors (Lipinski definition) is 1. The second-order valence-corrected chi connectivity index (χ2v) is 11.2. The summed E-state index contributed by atoms with van der Waals surface area (Å²) < 4.78 is 0. The van der Waals surface area contributed by atoms with Crippen LogP contribution in [0.4, 0.5) is 0 Å². The Morgan fingerprint density at radius 2 is 0.471 bits per heavy atom. The zero-order valence-corrected chi connectivity index (χ0v) is 24.1. The van der Waals surface area contributed by atoms with Crippen LogP contribution in [0.5, 0.6) is 0 Å². The first-order valence-electron chi connectivity index (χ1n) is 16.3. The average molecular weight is 479 g/mol. The number of carbonyl (C=O) groups excluding carboxylic acids is 1. The van der Waals surface area contributed by atoms with Crippen molar-refractivity contribution in [2.75, 3.05) is 0 Å². The van der Waals surface area contributed by atoms with E-state index in [0.717, 1.165) is 25.7 Å². The molecule has 0 spiro atoms. The average Bonchev–Trinajstić information content (AvgIpc) is 2.84. The van der Waals surface area contributed by atoms with Crippen molar-refractivity contribution in [1.82, 2.24) is 0 Å². The van der Waals surface area contributed by atoms with Crippen LogP contribution in [-0.2, 0) is 4.79 Å². The van der Waals surface area contributed by atoms with Crippen LogP contribution in [0.25, 0.3) is 0 Å². The summed E-state index contributed by atoms with van der Waals surface area (Å²) in [4.78, 5) is 12.0. The van der Waals surface area contributed by atoms with Crippen LogP contribution < -0.4 is 0 Å². The molecule has 0 heterocycles. The molecule has 204 valence electrons. The molecule has 0 fully saturated rings. The minimum atomic E-state index is 0.520. The van der Waals surface area contributed by atoms with Crippen molar-refractivity contribution in [2.24, 2.45) is 0 Å². The fourth-order valence-electron chi connectivity index (χ4n) is 5.16. The van der Waals surface area contributed by atoms with Crippen molar-refractivity contribution in [3.05, 3.63) is 0 Å². The smallest absolute Gasteiger partial charge is 0.132 e. The van der Waals surface area contributed by atoms with E-state index in [1.165, 1.54) is 167 Å². The minimum absolute atomic E-state index is 0.520. The van der Waals surface area contributed by atoms with Gasteiger partial charge in [0.15, 0.2) is 0 Å². The standard InChI is InChI=1S/C33H66O/c1-3-5-7-9-11-12-13-14-15-16-17-18-19-20-21-22-23-24-26-28-30-32-33(34)31-29-27-25-10-8-6-4-2/h3-32H2,1-2H3. The Hall–Kier alpha value is -0.330. The van der Waals surface area contributed by atoms with E-state index in [1.54, 1.807) is 0 Å². The minimum Gasteiger partial charge on any atom is -0.300 e. The van der Waals surface area contributed by atoms with Crippen LogP contribution in [0, 0.1) is 0 Å². The maximum absolute atomic E-state index is 12.0. The number of Topliss-reactive ketones (excluding diaryl/α,β-unsaturated/α-hetero) is 1. The van der Waals surface area contributed by atoms with Crippen LogP contribution >= 0.6 is 0 Å². The lowest BCUT2D eigenvalue weighted by Gasteiger charge is -2.04. The molecule has 34 heavy (non-hydrogen) atoms. The van der Waals surface area contributed by atoms with Crippen molar-refractivity contribution in [2.45, 2.75) is 206 Å². The van der Waals surface area contributed by atoms with Gasteiger partial charge in [0.05, 0.1) is 0 Å². The molecule has 0 aliphatic carbocycles. The highest BCUT2D eigenvalue weighted by atomic mass is 16.1. The third-order valence-electron chi connectivity index (χ3n) is 7.62. The summed E-state index contributed by atoms with van der Waals surface area (Å²) in [5, 5.41) is 0. The summed E-state index contributed by atoms with van der Waals surface area (Å²) in [7, 11) is 0. The monoisotopic (exact) mass is 479 g/mol. The maximum Gasteiger partial charge on any atom is 0.132 e. The normalized spacial score (nSPS) is 11.4. The van der Waals surface area contributed by atoms with E-state index in [4.69, 9.17) is 0 Å². The van der Waals surface area contributed by atoms with Gasteiger partial charge in [-0.1, -0.05) is 181 Å². The van der Waals surface area contributed by atoms with Crippen molar-refractivity contribution in [1.29, 1.82) is 0 Å². The van der Waals surface area contributed by atoms with Gasteiger partial charge in [0, 0.05) is 12.8 Å². The van der Waals surface area contributed by atoms with Gasteiger partial charge in [-0.2, -0.15) is 0 Å². The molecule has 0 rings (SSSR count). The van der Waals surface area contributed by atoms with Crippen LogP contribution in [0.15, 0.2) is 0 Å². The van der Waals surface area contributed by atoms with Crippen molar-refractivity contribution in [3.8, 4) is 0 Å². The molecule has 0 aromatic carbocycles. The molecule has 0 saturated heterocycles. The quantitative estimate of drug-likeness (QED) is 0.0938. The lowest BCUT2D eigenvalue weighted by molar-refractivity contribution is -0.119. The number of unbranched alkanes of at least 4 members (excludes halogenated alkanes) is 26. The molecule has 1 heteroatoms. The number of rotatable bonds is 30.